The molecule has 0 saturated carbocycles. The van der Waals surface area contributed by atoms with Gasteiger partial charge in [-0.25, -0.2) is 15.8 Å². The largest absolute Gasteiger partial charge is 0.347 e. The van der Waals surface area contributed by atoms with Gasteiger partial charge in [-0.2, -0.15) is 0 Å². The van der Waals surface area contributed by atoms with Gasteiger partial charge in [0.2, 0.25) is 0 Å². The van der Waals surface area contributed by atoms with Crippen molar-refractivity contribution in [2.45, 2.75) is 13.5 Å². The smallest absolute Gasteiger partial charge is 0.253 e. The minimum atomic E-state index is -0.245. The van der Waals surface area contributed by atoms with Crippen molar-refractivity contribution in [1.29, 1.82) is 0 Å². The molecule has 0 atom stereocenters. The summed E-state index contributed by atoms with van der Waals surface area (Å²) >= 11 is 7.41. The lowest BCUT2D eigenvalue weighted by molar-refractivity contribution is 0.0951. The second-order valence-corrected chi connectivity index (χ2v) is 5.09. The molecule has 0 aromatic carbocycles. The Labute approximate surface area is 119 Å². The molecule has 4 N–H and O–H groups in total. The molecule has 19 heavy (non-hydrogen) atoms. The second-order valence-electron chi connectivity index (χ2n) is 3.74. The summed E-state index contributed by atoms with van der Waals surface area (Å²) < 4.78 is 0. The zero-order valence-corrected chi connectivity index (χ0v) is 11.7. The van der Waals surface area contributed by atoms with Gasteiger partial charge in [-0.05, 0) is 13.0 Å². The lowest BCUT2D eigenvalue weighted by Crippen LogP contribution is -2.23. The van der Waals surface area contributed by atoms with Crippen LogP contribution in [0, 0.1) is 6.92 Å². The number of aromatic nitrogens is 2. The van der Waals surface area contributed by atoms with Gasteiger partial charge in [0.05, 0.1) is 28.3 Å². The number of pyridine rings is 1. The van der Waals surface area contributed by atoms with Gasteiger partial charge in [-0.15, -0.1) is 11.3 Å². The summed E-state index contributed by atoms with van der Waals surface area (Å²) in [5.41, 5.74) is 5.39. The molecule has 0 aliphatic rings. The number of hydrogen-bond acceptors (Lipinski definition) is 6. The molecule has 100 valence electrons. The van der Waals surface area contributed by atoms with Crippen molar-refractivity contribution >= 4 is 34.7 Å². The fourth-order valence-electron chi connectivity index (χ4n) is 1.43. The molecule has 2 aromatic rings. The van der Waals surface area contributed by atoms with Gasteiger partial charge in [0.15, 0.2) is 5.82 Å². The highest BCUT2D eigenvalue weighted by Crippen LogP contribution is 2.19. The molecule has 0 aliphatic carbocycles. The highest BCUT2D eigenvalue weighted by molar-refractivity contribution is 7.09. The maximum atomic E-state index is 11.9. The van der Waals surface area contributed by atoms with Crippen molar-refractivity contribution in [3.8, 4) is 0 Å². The quantitative estimate of drug-likeness (QED) is 0.590. The van der Waals surface area contributed by atoms with E-state index in [1.165, 1.54) is 23.6 Å². The Hall–Kier alpha value is -1.70. The van der Waals surface area contributed by atoms with Crippen LogP contribution in [0.1, 0.15) is 20.9 Å². The molecule has 0 aliphatic heterocycles. The Morgan fingerprint density at radius 1 is 1.53 bits per heavy atom. The maximum absolute atomic E-state index is 11.9. The number of amides is 1. The summed E-state index contributed by atoms with van der Waals surface area (Å²) in [6.45, 7) is 2.34. The first kappa shape index (κ1) is 13.7. The van der Waals surface area contributed by atoms with E-state index in [0.29, 0.717) is 22.9 Å². The van der Waals surface area contributed by atoms with Crippen LogP contribution in [0.25, 0.3) is 0 Å². The van der Waals surface area contributed by atoms with E-state index >= 15 is 0 Å². The van der Waals surface area contributed by atoms with E-state index in [1.807, 2.05) is 6.92 Å². The predicted molar refractivity (Wildman–Crippen MR) is 75.1 cm³/mol. The molecular weight excluding hydrogens is 286 g/mol. The predicted octanol–water partition coefficient (Wildman–Crippen LogP) is 1.72. The van der Waals surface area contributed by atoms with Crippen molar-refractivity contribution in [3.05, 3.63) is 38.9 Å². The number of nitrogens with two attached hydrogens (primary N) is 1. The highest BCUT2D eigenvalue weighted by Gasteiger charge is 2.10. The van der Waals surface area contributed by atoms with Crippen LogP contribution in [-0.2, 0) is 6.54 Å². The maximum Gasteiger partial charge on any atom is 0.253 e. The van der Waals surface area contributed by atoms with E-state index in [0.717, 1.165) is 10.6 Å². The molecule has 8 heteroatoms. The van der Waals surface area contributed by atoms with E-state index in [2.05, 4.69) is 20.7 Å². The topological polar surface area (TPSA) is 92.9 Å². The molecule has 2 aromatic heterocycles. The average molecular weight is 298 g/mol. The average Bonchev–Trinajstić information content (AvgIpc) is 2.81. The molecule has 0 radical (unpaired) electrons. The van der Waals surface area contributed by atoms with Crippen LogP contribution in [0.15, 0.2) is 17.8 Å². The van der Waals surface area contributed by atoms with Crippen LogP contribution >= 0.6 is 22.9 Å². The molecule has 0 saturated heterocycles. The Morgan fingerprint density at radius 3 is 2.89 bits per heavy atom. The third-order valence-corrected chi connectivity index (χ3v) is 3.72. The van der Waals surface area contributed by atoms with Gasteiger partial charge in [-0.1, -0.05) is 11.6 Å². The van der Waals surface area contributed by atoms with Crippen LogP contribution in [0.3, 0.4) is 0 Å². The number of hydrogen-bond donors (Lipinski definition) is 3. The van der Waals surface area contributed by atoms with Gasteiger partial charge >= 0.3 is 0 Å². The number of nitrogens with zero attached hydrogens (tertiary/aromatic N) is 2. The van der Waals surface area contributed by atoms with Gasteiger partial charge in [0.25, 0.3) is 5.91 Å². The monoisotopic (exact) mass is 297 g/mol. The summed E-state index contributed by atoms with van der Waals surface area (Å²) in [5.74, 6) is 5.30. The number of nitrogen functional groups attached to an aromatic ring is 1. The minimum absolute atomic E-state index is 0.245. The van der Waals surface area contributed by atoms with E-state index in [4.69, 9.17) is 17.4 Å². The van der Waals surface area contributed by atoms with E-state index in [9.17, 15) is 4.79 Å². The Morgan fingerprint density at radius 2 is 2.32 bits per heavy atom. The fourth-order valence-corrected chi connectivity index (χ4v) is 2.36. The number of thiazole rings is 1. The first-order valence-corrected chi connectivity index (χ1v) is 6.67. The van der Waals surface area contributed by atoms with Crippen LogP contribution in [0.4, 0.5) is 5.82 Å². The molecule has 2 rings (SSSR count). The van der Waals surface area contributed by atoms with Crippen LogP contribution in [-0.4, -0.2) is 15.9 Å². The Kier molecular flexibility index (Phi) is 4.31. The number of rotatable bonds is 4. The lowest BCUT2D eigenvalue weighted by Gasteiger charge is -2.06. The summed E-state index contributed by atoms with van der Waals surface area (Å²) in [7, 11) is 0. The summed E-state index contributed by atoms with van der Waals surface area (Å²) in [6, 6.07) is 1.51. The van der Waals surface area contributed by atoms with Gasteiger partial charge in [0, 0.05) is 11.1 Å². The Balaban J connectivity index is 2.04. The summed E-state index contributed by atoms with van der Waals surface area (Å²) in [6.07, 6.45) is 1.41. The zero-order chi connectivity index (χ0) is 13.8. The number of carbonyl (C=O) groups excluding carboxylic acids is 1. The van der Waals surface area contributed by atoms with Crippen molar-refractivity contribution in [1.82, 2.24) is 15.3 Å². The first-order valence-electron chi connectivity index (χ1n) is 5.41. The van der Waals surface area contributed by atoms with Crippen LogP contribution < -0.4 is 16.6 Å². The van der Waals surface area contributed by atoms with Crippen molar-refractivity contribution < 1.29 is 4.79 Å². The normalized spacial score (nSPS) is 10.3. The molecule has 0 fully saturated rings. The number of anilines is 1. The molecule has 0 unspecified atom stereocenters. The van der Waals surface area contributed by atoms with Crippen molar-refractivity contribution in [2.24, 2.45) is 5.84 Å². The van der Waals surface area contributed by atoms with Crippen LogP contribution in [0.2, 0.25) is 5.02 Å². The zero-order valence-electron chi connectivity index (χ0n) is 10.1. The molecule has 6 nitrogen and oxygen atoms in total. The molecule has 0 bridgehead atoms. The fraction of sp³-hybridized carbons (Fsp3) is 0.182. The van der Waals surface area contributed by atoms with E-state index in [-0.39, 0.29) is 5.91 Å². The van der Waals surface area contributed by atoms with Crippen molar-refractivity contribution in [3.63, 3.8) is 0 Å². The van der Waals surface area contributed by atoms with Gasteiger partial charge in [-0.3, -0.25) is 4.79 Å². The molecule has 2 heterocycles. The third kappa shape index (κ3) is 3.19. The van der Waals surface area contributed by atoms with Crippen molar-refractivity contribution in [2.75, 3.05) is 5.43 Å². The van der Waals surface area contributed by atoms with E-state index in [1.54, 1.807) is 5.51 Å². The number of hydrazine groups is 1. The standard InChI is InChI=1S/C11H12ClN5OS/c1-6-9(19-5-16-6)4-15-11(18)7-2-8(12)10(17-13)14-3-7/h2-3,5H,4,13H2,1H3,(H,14,17)(H,15,18). The SMILES string of the molecule is Cc1ncsc1CNC(=O)c1cnc(NN)c(Cl)c1. The summed E-state index contributed by atoms with van der Waals surface area (Å²) in [4.78, 5) is 21.0. The summed E-state index contributed by atoms with van der Waals surface area (Å²) in [5, 5.41) is 3.08. The lowest BCUT2D eigenvalue weighted by atomic mass is 10.2. The molecule has 1 amide bonds. The van der Waals surface area contributed by atoms with Gasteiger partial charge in [0.1, 0.15) is 0 Å². The minimum Gasteiger partial charge on any atom is -0.347 e. The first-order chi connectivity index (χ1) is 9.11. The number of halogens is 1. The number of nitrogens with one attached hydrogen (secondary N) is 2. The Bertz CT molecular complexity index is 601. The third-order valence-electron chi connectivity index (χ3n) is 2.49. The number of aryl methyl sites for hydroxylation is 1. The van der Waals surface area contributed by atoms with E-state index < -0.39 is 0 Å². The number of carbonyl (C=O) groups is 1. The molecule has 0 spiro atoms. The van der Waals surface area contributed by atoms with Gasteiger partial charge < -0.3 is 10.7 Å². The molecular formula is C11H12ClN5OS. The highest BCUT2D eigenvalue weighted by atomic mass is 35.5. The van der Waals surface area contributed by atoms with Crippen LogP contribution in [0.5, 0.6) is 0 Å². The second kappa shape index (κ2) is 5.96.